The summed E-state index contributed by atoms with van der Waals surface area (Å²) in [6, 6.07) is 1.62. The van der Waals surface area contributed by atoms with Crippen LogP contribution in [0, 0.1) is 0 Å². The van der Waals surface area contributed by atoms with E-state index in [0.717, 1.165) is 0 Å². The first-order valence-electron chi connectivity index (χ1n) is 4.88. The molecule has 0 unspecified atom stereocenters. The van der Waals surface area contributed by atoms with Crippen LogP contribution >= 0.6 is 0 Å². The summed E-state index contributed by atoms with van der Waals surface area (Å²) in [7, 11) is 3.39. The number of nitrogens with one attached hydrogen (secondary N) is 2. The fourth-order valence-corrected chi connectivity index (χ4v) is 1.36. The fraction of sp³-hybridized carbons (Fsp3) is 0.182. The predicted octanol–water partition coefficient (Wildman–Crippen LogP) is 0.832. The summed E-state index contributed by atoms with van der Waals surface area (Å²) < 4.78 is 0. The van der Waals surface area contributed by atoms with Crippen LogP contribution in [-0.2, 0) is 9.59 Å². The van der Waals surface area contributed by atoms with Gasteiger partial charge in [0, 0.05) is 25.9 Å². The molecule has 0 bridgehead atoms. The minimum Gasteiger partial charge on any atom is -0.478 e. The molecule has 90 valence electrons. The summed E-state index contributed by atoms with van der Waals surface area (Å²) in [5.74, 6) is -0.679. The maximum absolute atomic E-state index is 10.7. The van der Waals surface area contributed by atoms with E-state index in [-0.39, 0.29) is 5.57 Å². The van der Waals surface area contributed by atoms with Crippen molar-refractivity contribution in [3.8, 4) is 0 Å². The van der Waals surface area contributed by atoms with Gasteiger partial charge in [-0.15, -0.1) is 0 Å². The first kappa shape index (κ1) is 12.7. The van der Waals surface area contributed by atoms with Crippen LogP contribution in [0.3, 0.4) is 0 Å². The zero-order valence-electron chi connectivity index (χ0n) is 9.52. The first-order chi connectivity index (χ1) is 8.13. The van der Waals surface area contributed by atoms with E-state index in [2.05, 4.69) is 15.6 Å². The van der Waals surface area contributed by atoms with E-state index in [1.165, 1.54) is 12.3 Å². The Balaban J connectivity index is 3.31. The van der Waals surface area contributed by atoms with Crippen molar-refractivity contribution in [2.75, 3.05) is 24.7 Å². The van der Waals surface area contributed by atoms with Crippen molar-refractivity contribution >= 4 is 29.8 Å². The summed E-state index contributed by atoms with van der Waals surface area (Å²) in [4.78, 5) is 25.4. The molecule has 1 aromatic heterocycles. The third-order valence-electron chi connectivity index (χ3n) is 2.15. The highest BCUT2D eigenvalue weighted by molar-refractivity contribution is 6.11. The Kier molecular flexibility index (Phi) is 4.21. The molecule has 0 saturated heterocycles. The molecule has 0 aliphatic rings. The monoisotopic (exact) mass is 235 g/mol. The van der Waals surface area contributed by atoms with Crippen molar-refractivity contribution in [2.45, 2.75) is 0 Å². The molecule has 17 heavy (non-hydrogen) atoms. The number of carboxylic acids is 1. The number of aldehydes is 1. The van der Waals surface area contributed by atoms with Gasteiger partial charge in [-0.05, 0) is 12.1 Å². The second kappa shape index (κ2) is 5.64. The molecular weight excluding hydrogens is 222 g/mol. The number of nitrogens with zero attached hydrogens (tertiary/aromatic N) is 1. The highest BCUT2D eigenvalue weighted by atomic mass is 16.4. The molecule has 0 aliphatic heterocycles. The zero-order valence-corrected chi connectivity index (χ0v) is 9.52. The average molecular weight is 235 g/mol. The van der Waals surface area contributed by atoms with Gasteiger partial charge >= 0.3 is 5.97 Å². The Morgan fingerprint density at radius 1 is 1.41 bits per heavy atom. The number of aliphatic carboxylic acids is 1. The predicted molar refractivity (Wildman–Crippen MR) is 65.0 cm³/mol. The van der Waals surface area contributed by atoms with Crippen LogP contribution in [0.25, 0.3) is 6.08 Å². The summed E-state index contributed by atoms with van der Waals surface area (Å²) in [6.07, 6.45) is 3.13. The van der Waals surface area contributed by atoms with Crippen molar-refractivity contribution < 1.29 is 14.7 Å². The number of hydrogen-bond donors (Lipinski definition) is 3. The Bertz CT molecular complexity index is 469. The Labute approximate surface area is 98.4 Å². The molecular formula is C11H13N3O3. The van der Waals surface area contributed by atoms with Crippen molar-refractivity contribution in [1.82, 2.24) is 4.98 Å². The number of aromatic nitrogens is 1. The van der Waals surface area contributed by atoms with Crippen LogP contribution in [0.4, 0.5) is 11.5 Å². The second-order valence-electron chi connectivity index (χ2n) is 3.15. The Morgan fingerprint density at radius 3 is 2.59 bits per heavy atom. The molecule has 0 aromatic carbocycles. The molecule has 6 nitrogen and oxygen atoms in total. The average Bonchev–Trinajstić information content (AvgIpc) is 2.34. The lowest BCUT2D eigenvalue weighted by molar-refractivity contribution is -0.133. The number of hydrogen-bond acceptors (Lipinski definition) is 5. The third kappa shape index (κ3) is 2.81. The lowest BCUT2D eigenvalue weighted by Gasteiger charge is -2.10. The SMILES string of the molecule is CNc1nccc(/C=C(\C=O)C(=O)O)c1NC. The van der Waals surface area contributed by atoms with Crippen LogP contribution in [-0.4, -0.2) is 36.4 Å². The first-order valence-corrected chi connectivity index (χ1v) is 4.88. The minimum absolute atomic E-state index is 0.307. The normalized spacial score (nSPS) is 10.8. The van der Waals surface area contributed by atoms with E-state index in [1.807, 2.05) is 0 Å². The molecule has 0 radical (unpaired) electrons. The molecule has 6 heteroatoms. The molecule has 3 N–H and O–H groups in total. The smallest absolute Gasteiger partial charge is 0.339 e. The van der Waals surface area contributed by atoms with Crippen molar-refractivity contribution in [3.63, 3.8) is 0 Å². The van der Waals surface area contributed by atoms with Crippen molar-refractivity contribution in [1.29, 1.82) is 0 Å². The van der Waals surface area contributed by atoms with Gasteiger partial charge in [-0.3, -0.25) is 4.79 Å². The van der Waals surface area contributed by atoms with Gasteiger partial charge in [0.2, 0.25) is 0 Å². The molecule has 0 atom stereocenters. The Morgan fingerprint density at radius 2 is 2.12 bits per heavy atom. The number of pyridine rings is 1. The largest absolute Gasteiger partial charge is 0.478 e. The quantitative estimate of drug-likeness (QED) is 0.303. The highest BCUT2D eigenvalue weighted by Crippen LogP contribution is 2.24. The van der Waals surface area contributed by atoms with E-state index in [4.69, 9.17) is 5.11 Å². The molecule has 0 amide bonds. The molecule has 0 aliphatic carbocycles. The topological polar surface area (TPSA) is 91.3 Å². The van der Waals surface area contributed by atoms with Gasteiger partial charge in [-0.1, -0.05) is 0 Å². The van der Waals surface area contributed by atoms with E-state index in [0.29, 0.717) is 23.4 Å². The van der Waals surface area contributed by atoms with Crippen LogP contribution in [0.1, 0.15) is 5.56 Å². The van der Waals surface area contributed by atoms with Crippen LogP contribution in [0.2, 0.25) is 0 Å². The Hall–Kier alpha value is -2.37. The van der Waals surface area contributed by atoms with E-state index in [9.17, 15) is 9.59 Å². The van der Waals surface area contributed by atoms with Crippen molar-refractivity contribution in [3.05, 3.63) is 23.4 Å². The van der Waals surface area contributed by atoms with Gasteiger partial charge in [-0.2, -0.15) is 0 Å². The van der Waals surface area contributed by atoms with Crippen molar-refractivity contribution in [2.24, 2.45) is 0 Å². The van der Waals surface area contributed by atoms with Crippen LogP contribution < -0.4 is 10.6 Å². The van der Waals surface area contributed by atoms with Gasteiger partial charge in [0.25, 0.3) is 0 Å². The van der Waals surface area contributed by atoms with E-state index < -0.39 is 5.97 Å². The van der Waals surface area contributed by atoms with E-state index >= 15 is 0 Å². The molecule has 0 spiro atoms. The summed E-state index contributed by atoms with van der Waals surface area (Å²) in [6.45, 7) is 0. The standard InChI is InChI=1S/C11H13N3O3/c1-12-9-7(3-4-14-10(9)13-2)5-8(6-15)11(16)17/h3-6,12H,1-2H3,(H,13,14)(H,16,17)/b8-5+. The maximum atomic E-state index is 10.7. The molecule has 0 saturated carbocycles. The van der Waals surface area contributed by atoms with Gasteiger partial charge in [-0.25, -0.2) is 9.78 Å². The molecule has 1 rings (SSSR count). The minimum atomic E-state index is -1.26. The van der Waals surface area contributed by atoms with Crippen LogP contribution in [0.15, 0.2) is 17.8 Å². The molecule has 1 aromatic rings. The maximum Gasteiger partial charge on any atom is 0.339 e. The fourth-order valence-electron chi connectivity index (χ4n) is 1.36. The molecule has 1 heterocycles. The molecule has 0 fully saturated rings. The lowest BCUT2D eigenvalue weighted by atomic mass is 10.1. The van der Waals surface area contributed by atoms with Gasteiger partial charge < -0.3 is 15.7 Å². The third-order valence-corrected chi connectivity index (χ3v) is 2.15. The number of carbonyl (C=O) groups excluding carboxylic acids is 1. The van der Waals surface area contributed by atoms with E-state index in [1.54, 1.807) is 20.2 Å². The van der Waals surface area contributed by atoms with Gasteiger partial charge in [0.15, 0.2) is 6.29 Å². The number of carboxylic acid groups (broad SMARTS) is 1. The van der Waals surface area contributed by atoms with Gasteiger partial charge in [0.05, 0.1) is 11.3 Å². The zero-order chi connectivity index (χ0) is 12.8. The highest BCUT2D eigenvalue weighted by Gasteiger charge is 2.10. The van der Waals surface area contributed by atoms with Crippen LogP contribution in [0.5, 0.6) is 0 Å². The summed E-state index contributed by atoms with van der Waals surface area (Å²) in [5.41, 5.74) is 0.904. The summed E-state index contributed by atoms with van der Waals surface area (Å²) >= 11 is 0. The van der Waals surface area contributed by atoms with Gasteiger partial charge in [0.1, 0.15) is 5.82 Å². The summed E-state index contributed by atoms with van der Waals surface area (Å²) in [5, 5.41) is 14.5. The number of carbonyl (C=O) groups is 2. The number of rotatable bonds is 5. The second-order valence-corrected chi connectivity index (χ2v) is 3.15. The number of anilines is 2. The lowest BCUT2D eigenvalue weighted by Crippen LogP contribution is -2.04.